The van der Waals surface area contributed by atoms with Gasteiger partial charge in [0.05, 0.1) is 6.54 Å². The summed E-state index contributed by atoms with van der Waals surface area (Å²) in [4.78, 5) is 14.1. The van der Waals surface area contributed by atoms with Gasteiger partial charge in [-0.25, -0.2) is 0 Å². The van der Waals surface area contributed by atoms with Gasteiger partial charge in [-0.05, 0) is 11.4 Å². The van der Waals surface area contributed by atoms with E-state index in [4.69, 9.17) is 4.74 Å². The Hall–Kier alpha value is -0.870. The third kappa shape index (κ3) is 3.16. The summed E-state index contributed by atoms with van der Waals surface area (Å²) in [6.45, 7) is 0.821. The van der Waals surface area contributed by atoms with Crippen LogP contribution in [-0.2, 0) is 16.1 Å². The van der Waals surface area contributed by atoms with E-state index in [1.54, 1.807) is 23.3 Å². The number of rotatable bonds is 4. The van der Waals surface area contributed by atoms with E-state index in [2.05, 4.69) is 0 Å². The molecular weight excluding hydrogens is 186 g/mol. The van der Waals surface area contributed by atoms with Crippen LogP contribution < -0.4 is 0 Å². The van der Waals surface area contributed by atoms with Crippen LogP contribution in [0.2, 0.25) is 0 Å². The van der Waals surface area contributed by atoms with Crippen molar-refractivity contribution in [2.75, 3.05) is 20.8 Å². The minimum Gasteiger partial charge on any atom is -0.375 e. The molecule has 0 saturated heterocycles. The summed E-state index contributed by atoms with van der Waals surface area (Å²) < 4.78 is 4.76. The van der Waals surface area contributed by atoms with E-state index in [0.29, 0.717) is 6.54 Å². The summed E-state index contributed by atoms with van der Waals surface area (Å²) in [5.41, 5.74) is 0. The van der Waals surface area contributed by atoms with Gasteiger partial charge in [0.2, 0.25) is 5.91 Å². The maximum Gasteiger partial charge on any atom is 0.248 e. The van der Waals surface area contributed by atoms with Crippen molar-refractivity contribution in [3.05, 3.63) is 22.4 Å². The monoisotopic (exact) mass is 199 g/mol. The van der Waals surface area contributed by atoms with Crippen LogP contribution in [0.5, 0.6) is 0 Å². The van der Waals surface area contributed by atoms with Crippen LogP contribution >= 0.6 is 11.3 Å². The van der Waals surface area contributed by atoms with Crippen molar-refractivity contribution in [1.82, 2.24) is 4.90 Å². The van der Waals surface area contributed by atoms with Crippen LogP contribution in [0.4, 0.5) is 0 Å². The predicted molar refractivity (Wildman–Crippen MR) is 52.7 cm³/mol. The average Bonchev–Trinajstić information content (AvgIpc) is 2.57. The second kappa shape index (κ2) is 4.99. The van der Waals surface area contributed by atoms with E-state index < -0.39 is 0 Å². The van der Waals surface area contributed by atoms with E-state index in [-0.39, 0.29) is 12.5 Å². The Morgan fingerprint density at radius 2 is 2.46 bits per heavy atom. The SMILES string of the molecule is COCC(=O)N(C)Cc1cccs1. The molecule has 0 aromatic carbocycles. The predicted octanol–water partition coefficient (Wildman–Crippen LogP) is 1.35. The largest absolute Gasteiger partial charge is 0.375 e. The Morgan fingerprint density at radius 1 is 1.69 bits per heavy atom. The summed E-state index contributed by atoms with van der Waals surface area (Å²) in [5, 5.41) is 2.00. The van der Waals surface area contributed by atoms with Crippen molar-refractivity contribution >= 4 is 17.2 Å². The van der Waals surface area contributed by atoms with Gasteiger partial charge in [0, 0.05) is 19.0 Å². The zero-order chi connectivity index (χ0) is 9.68. The van der Waals surface area contributed by atoms with Gasteiger partial charge < -0.3 is 9.64 Å². The highest BCUT2D eigenvalue weighted by molar-refractivity contribution is 7.09. The van der Waals surface area contributed by atoms with E-state index >= 15 is 0 Å². The number of carbonyl (C=O) groups excluding carboxylic acids is 1. The van der Waals surface area contributed by atoms with Crippen molar-refractivity contribution in [2.45, 2.75) is 6.54 Å². The van der Waals surface area contributed by atoms with Gasteiger partial charge in [-0.1, -0.05) is 6.07 Å². The normalized spacial score (nSPS) is 10.0. The molecule has 0 aliphatic carbocycles. The summed E-state index contributed by atoms with van der Waals surface area (Å²) >= 11 is 1.65. The number of hydrogen-bond acceptors (Lipinski definition) is 3. The minimum atomic E-state index is 0.0101. The highest BCUT2D eigenvalue weighted by Crippen LogP contribution is 2.10. The Labute approximate surface area is 81.9 Å². The first kappa shape index (κ1) is 10.2. The van der Waals surface area contributed by atoms with Crippen molar-refractivity contribution in [1.29, 1.82) is 0 Å². The molecule has 0 N–H and O–H groups in total. The van der Waals surface area contributed by atoms with E-state index in [1.807, 2.05) is 17.5 Å². The fourth-order valence-corrected chi connectivity index (χ4v) is 1.72. The number of nitrogens with zero attached hydrogens (tertiary/aromatic N) is 1. The molecule has 0 aliphatic rings. The van der Waals surface area contributed by atoms with Gasteiger partial charge in [-0.3, -0.25) is 4.79 Å². The lowest BCUT2D eigenvalue weighted by atomic mass is 10.4. The molecule has 1 heterocycles. The van der Waals surface area contributed by atoms with Gasteiger partial charge in [0.15, 0.2) is 0 Å². The van der Waals surface area contributed by atoms with Crippen LogP contribution in [0.25, 0.3) is 0 Å². The molecular formula is C9H13NO2S. The van der Waals surface area contributed by atoms with Crippen molar-refractivity contribution in [2.24, 2.45) is 0 Å². The molecule has 0 atom stereocenters. The van der Waals surface area contributed by atoms with Crippen LogP contribution in [0.15, 0.2) is 17.5 Å². The van der Waals surface area contributed by atoms with E-state index in [0.717, 1.165) is 0 Å². The van der Waals surface area contributed by atoms with E-state index in [9.17, 15) is 4.79 Å². The van der Waals surface area contributed by atoms with Crippen LogP contribution in [0, 0.1) is 0 Å². The standard InChI is InChI=1S/C9H13NO2S/c1-10(9(11)7-12-2)6-8-4-3-5-13-8/h3-5H,6-7H2,1-2H3. The Bertz CT molecular complexity index is 259. The molecule has 4 heteroatoms. The summed E-state index contributed by atoms with van der Waals surface area (Å²) in [5.74, 6) is 0.0101. The lowest BCUT2D eigenvalue weighted by Crippen LogP contribution is -2.29. The summed E-state index contributed by atoms with van der Waals surface area (Å²) in [7, 11) is 3.30. The molecule has 0 radical (unpaired) electrons. The van der Waals surface area contributed by atoms with Crippen LogP contribution in [-0.4, -0.2) is 31.6 Å². The summed E-state index contributed by atoms with van der Waals surface area (Å²) in [6.07, 6.45) is 0. The fraction of sp³-hybridized carbons (Fsp3) is 0.444. The third-order valence-corrected chi connectivity index (χ3v) is 2.53. The molecule has 0 spiro atoms. The number of methoxy groups -OCH3 is 1. The number of ether oxygens (including phenoxy) is 1. The molecule has 1 rings (SSSR count). The van der Waals surface area contributed by atoms with Gasteiger partial charge in [0.25, 0.3) is 0 Å². The first-order chi connectivity index (χ1) is 6.24. The molecule has 0 unspecified atom stereocenters. The number of likely N-dealkylation sites (N-methyl/N-ethyl adjacent to an activating group) is 1. The second-order valence-corrected chi connectivity index (χ2v) is 3.79. The molecule has 1 aromatic rings. The number of thiophene rings is 1. The molecule has 0 saturated carbocycles. The molecule has 0 fully saturated rings. The molecule has 1 amide bonds. The Morgan fingerprint density at radius 3 is 3.00 bits per heavy atom. The maximum absolute atomic E-state index is 11.3. The number of amides is 1. The van der Waals surface area contributed by atoms with Gasteiger partial charge in [-0.2, -0.15) is 0 Å². The third-order valence-electron chi connectivity index (χ3n) is 1.67. The quantitative estimate of drug-likeness (QED) is 0.732. The first-order valence-corrected chi connectivity index (χ1v) is 4.87. The van der Waals surface area contributed by atoms with Crippen LogP contribution in [0.1, 0.15) is 4.88 Å². The highest BCUT2D eigenvalue weighted by atomic mass is 32.1. The molecule has 72 valence electrons. The zero-order valence-corrected chi connectivity index (χ0v) is 8.63. The van der Waals surface area contributed by atoms with Crippen molar-refractivity contribution < 1.29 is 9.53 Å². The van der Waals surface area contributed by atoms with Gasteiger partial charge in [-0.15, -0.1) is 11.3 Å². The molecule has 13 heavy (non-hydrogen) atoms. The maximum atomic E-state index is 11.3. The highest BCUT2D eigenvalue weighted by Gasteiger charge is 2.08. The lowest BCUT2D eigenvalue weighted by Gasteiger charge is -2.15. The molecule has 1 aromatic heterocycles. The number of hydrogen-bond donors (Lipinski definition) is 0. The van der Waals surface area contributed by atoms with E-state index in [1.165, 1.54) is 12.0 Å². The zero-order valence-electron chi connectivity index (χ0n) is 7.82. The Kier molecular flexibility index (Phi) is 3.92. The summed E-state index contributed by atoms with van der Waals surface area (Å²) in [6, 6.07) is 4.00. The lowest BCUT2D eigenvalue weighted by molar-refractivity contribution is -0.134. The molecule has 3 nitrogen and oxygen atoms in total. The van der Waals surface area contributed by atoms with Crippen molar-refractivity contribution in [3.8, 4) is 0 Å². The number of carbonyl (C=O) groups is 1. The topological polar surface area (TPSA) is 29.5 Å². The average molecular weight is 199 g/mol. The van der Waals surface area contributed by atoms with Gasteiger partial charge in [0.1, 0.15) is 6.61 Å². The smallest absolute Gasteiger partial charge is 0.248 e. The fourth-order valence-electron chi connectivity index (χ4n) is 0.958. The van der Waals surface area contributed by atoms with Gasteiger partial charge >= 0.3 is 0 Å². The molecule has 0 bridgehead atoms. The second-order valence-electron chi connectivity index (χ2n) is 2.76. The molecule has 0 aliphatic heterocycles. The Balaban J connectivity index is 2.41. The van der Waals surface area contributed by atoms with Crippen molar-refractivity contribution in [3.63, 3.8) is 0 Å². The van der Waals surface area contributed by atoms with Crippen LogP contribution in [0.3, 0.4) is 0 Å². The first-order valence-electron chi connectivity index (χ1n) is 3.99. The minimum absolute atomic E-state index is 0.0101.